The van der Waals surface area contributed by atoms with Gasteiger partial charge in [0.05, 0.1) is 23.4 Å². The molecule has 1 N–H and O–H groups in total. The highest BCUT2D eigenvalue weighted by Crippen LogP contribution is 2.33. The molecule has 2 aromatic carbocycles. The summed E-state index contributed by atoms with van der Waals surface area (Å²) in [6, 6.07) is 12.7. The first-order valence-corrected chi connectivity index (χ1v) is 7.63. The molecule has 0 spiro atoms. The minimum absolute atomic E-state index is 0.137. The van der Waals surface area contributed by atoms with Gasteiger partial charge in [-0.25, -0.2) is 0 Å². The van der Waals surface area contributed by atoms with Gasteiger partial charge in [-0.2, -0.15) is 13.7 Å². The summed E-state index contributed by atoms with van der Waals surface area (Å²) in [5, 5.41) is 10.7. The van der Waals surface area contributed by atoms with Crippen LogP contribution in [0.3, 0.4) is 0 Å². The first kappa shape index (κ1) is 12.5. The number of nitriles is 1. The van der Waals surface area contributed by atoms with Crippen LogP contribution in [0.15, 0.2) is 36.4 Å². The van der Waals surface area contributed by atoms with Crippen LogP contribution < -0.4 is 4.18 Å². The van der Waals surface area contributed by atoms with E-state index in [2.05, 4.69) is 4.98 Å². The summed E-state index contributed by atoms with van der Waals surface area (Å²) in [5.74, 6) is 0.137. The van der Waals surface area contributed by atoms with Gasteiger partial charge in [-0.1, -0.05) is 18.2 Å². The van der Waals surface area contributed by atoms with Crippen molar-refractivity contribution in [1.82, 2.24) is 4.98 Å². The van der Waals surface area contributed by atoms with E-state index in [9.17, 15) is 8.42 Å². The molecule has 0 fully saturated rings. The number of aromatic amines is 1. The number of fused-ring (bicyclic) bond motifs is 3. The molecule has 0 bridgehead atoms. The van der Waals surface area contributed by atoms with E-state index in [0.717, 1.165) is 22.5 Å². The van der Waals surface area contributed by atoms with Gasteiger partial charge in [-0.15, -0.1) is 0 Å². The number of hydrogen-bond donors (Lipinski definition) is 1. The summed E-state index contributed by atoms with van der Waals surface area (Å²) < 4.78 is 27.7. The minimum Gasteiger partial charge on any atom is -0.380 e. The highest BCUT2D eigenvalue weighted by Gasteiger charge is 2.14. The molecule has 6 heteroatoms. The van der Waals surface area contributed by atoms with Crippen LogP contribution >= 0.6 is 0 Å². The summed E-state index contributed by atoms with van der Waals surface area (Å²) in [4.78, 5) is 3.12. The summed E-state index contributed by atoms with van der Waals surface area (Å²) in [7, 11) is -3.66. The maximum atomic E-state index is 11.3. The predicted molar refractivity (Wildman–Crippen MR) is 76.0 cm³/mol. The zero-order chi connectivity index (χ0) is 14.3. The molecule has 20 heavy (non-hydrogen) atoms. The van der Waals surface area contributed by atoms with Crippen LogP contribution in [0.1, 0.15) is 5.56 Å². The highest BCUT2D eigenvalue weighted by molar-refractivity contribution is 7.86. The molecule has 100 valence electrons. The molecular formula is C14H10N2O3S. The lowest BCUT2D eigenvalue weighted by Gasteiger charge is -2.04. The van der Waals surface area contributed by atoms with Crippen molar-refractivity contribution in [1.29, 1.82) is 5.26 Å². The molecule has 0 atom stereocenters. The maximum Gasteiger partial charge on any atom is 0.306 e. The van der Waals surface area contributed by atoms with E-state index in [1.165, 1.54) is 6.07 Å². The van der Waals surface area contributed by atoms with Crippen molar-refractivity contribution in [2.24, 2.45) is 0 Å². The summed E-state index contributed by atoms with van der Waals surface area (Å²) in [6.07, 6.45) is 0.973. The number of para-hydroxylation sites is 1. The van der Waals surface area contributed by atoms with Crippen LogP contribution in [0, 0.1) is 11.3 Å². The van der Waals surface area contributed by atoms with E-state index in [1.54, 1.807) is 6.07 Å². The van der Waals surface area contributed by atoms with Crippen molar-refractivity contribution >= 4 is 31.9 Å². The number of hydrogen-bond acceptors (Lipinski definition) is 4. The van der Waals surface area contributed by atoms with Crippen LogP contribution in [0.5, 0.6) is 5.75 Å². The monoisotopic (exact) mass is 286 g/mol. The van der Waals surface area contributed by atoms with Crippen molar-refractivity contribution in [3.63, 3.8) is 0 Å². The number of benzene rings is 2. The average Bonchev–Trinajstić information content (AvgIpc) is 2.76. The fourth-order valence-corrected chi connectivity index (χ4v) is 2.67. The fraction of sp³-hybridized carbons (Fsp3) is 0.0714. The normalized spacial score (nSPS) is 11.6. The Balaban J connectivity index is 2.41. The van der Waals surface area contributed by atoms with E-state index in [4.69, 9.17) is 9.44 Å². The Morgan fingerprint density at radius 3 is 2.65 bits per heavy atom. The first-order chi connectivity index (χ1) is 9.48. The molecule has 3 aromatic rings. The molecule has 0 aliphatic rings. The Labute approximate surface area is 115 Å². The van der Waals surface area contributed by atoms with Gasteiger partial charge in [0.15, 0.2) is 5.75 Å². The van der Waals surface area contributed by atoms with E-state index in [0.29, 0.717) is 11.1 Å². The Kier molecular flexibility index (Phi) is 2.66. The topological polar surface area (TPSA) is 82.9 Å². The second-order valence-corrected chi connectivity index (χ2v) is 6.04. The second kappa shape index (κ2) is 4.25. The van der Waals surface area contributed by atoms with Crippen molar-refractivity contribution in [2.75, 3.05) is 6.26 Å². The van der Waals surface area contributed by atoms with Crippen molar-refractivity contribution in [2.45, 2.75) is 0 Å². The molecule has 0 aliphatic heterocycles. The average molecular weight is 286 g/mol. The van der Waals surface area contributed by atoms with Gasteiger partial charge in [-0.3, -0.25) is 0 Å². The molecule has 1 heterocycles. The Bertz CT molecular complexity index is 965. The van der Waals surface area contributed by atoms with E-state index >= 15 is 0 Å². The molecule has 0 radical (unpaired) electrons. The third-order valence-electron chi connectivity index (χ3n) is 2.95. The smallest absolute Gasteiger partial charge is 0.306 e. The molecule has 0 saturated heterocycles. The van der Waals surface area contributed by atoms with Crippen molar-refractivity contribution in [3.05, 3.63) is 42.0 Å². The maximum absolute atomic E-state index is 11.3. The van der Waals surface area contributed by atoms with Gasteiger partial charge in [0.2, 0.25) is 0 Å². The Morgan fingerprint density at radius 2 is 1.95 bits per heavy atom. The largest absolute Gasteiger partial charge is 0.380 e. The van der Waals surface area contributed by atoms with Gasteiger partial charge in [0, 0.05) is 22.4 Å². The molecule has 5 nitrogen and oxygen atoms in total. The SMILES string of the molecule is CS(=O)(=O)Oc1cc(C#N)cc2c1[nH]c1ccccc12. The second-order valence-electron chi connectivity index (χ2n) is 4.47. The zero-order valence-electron chi connectivity index (χ0n) is 10.5. The molecule has 1 aromatic heterocycles. The number of nitrogens with zero attached hydrogens (tertiary/aromatic N) is 1. The van der Waals surface area contributed by atoms with Crippen LogP contribution in [-0.2, 0) is 10.1 Å². The van der Waals surface area contributed by atoms with Gasteiger partial charge in [-0.05, 0) is 12.1 Å². The fourth-order valence-electron chi connectivity index (χ4n) is 2.21. The first-order valence-electron chi connectivity index (χ1n) is 5.82. The molecule has 0 amide bonds. The highest BCUT2D eigenvalue weighted by atomic mass is 32.2. The predicted octanol–water partition coefficient (Wildman–Crippen LogP) is 2.53. The van der Waals surface area contributed by atoms with E-state index < -0.39 is 10.1 Å². The number of rotatable bonds is 2. The third-order valence-corrected chi connectivity index (χ3v) is 3.43. The Morgan fingerprint density at radius 1 is 1.20 bits per heavy atom. The van der Waals surface area contributed by atoms with Gasteiger partial charge in [0.1, 0.15) is 0 Å². The quantitative estimate of drug-likeness (QED) is 0.734. The van der Waals surface area contributed by atoms with Gasteiger partial charge in [0.25, 0.3) is 0 Å². The molecule has 3 rings (SSSR count). The summed E-state index contributed by atoms with van der Waals surface area (Å²) in [5.41, 5.74) is 1.77. The lowest BCUT2D eigenvalue weighted by atomic mass is 10.1. The van der Waals surface area contributed by atoms with Crippen LogP contribution in [-0.4, -0.2) is 19.7 Å². The number of aromatic nitrogens is 1. The number of nitrogens with one attached hydrogen (secondary N) is 1. The minimum atomic E-state index is -3.66. The van der Waals surface area contributed by atoms with Crippen LogP contribution in [0.4, 0.5) is 0 Å². The molecule has 0 unspecified atom stereocenters. The Hall–Kier alpha value is -2.52. The molecular weight excluding hydrogens is 276 g/mol. The summed E-state index contributed by atoms with van der Waals surface area (Å²) >= 11 is 0. The van der Waals surface area contributed by atoms with Crippen molar-refractivity contribution in [3.8, 4) is 11.8 Å². The van der Waals surface area contributed by atoms with Crippen LogP contribution in [0.25, 0.3) is 21.8 Å². The standard InChI is InChI=1S/C14H10N2O3S/c1-20(17,18)19-13-7-9(8-15)6-11-10-4-2-3-5-12(10)16-14(11)13/h2-7,16H,1H3. The van der Waals surface area contributed by atoms with Crippen LogP contribution in [0.2, 0.25) is 0 Å². The summed E-state index contributed by atoms with van der Waals surface area (Å²) in [6.45, 7) is 0. The van der Waals surface area contributed by atoms with E-state index in [-0.39, 0.29) is 5.75 Å². The number of H-pyrrole nitrogens is 1. The van der Waals surface area contributed by atoms with Gasteiger partial charge >= 0.3 is 10.1 Å². The van der Waals surface area contributed by atoms with E-state index in [1.807, 2.05) is 30.3 Å². The molecule has 0 saturated carbocycles. The third kappa shape index (κ3) is 2.08. The zero-order valence-corrected chi connectivity index (χ0v) is 11.4. The molecule has 0 aliphatic carbocycles. The lowest BCUT2D eigenvalue weighted by Crippen LogP contribution is -2.06. The lowest BCUT2D eigenvalue weighted by molar-refractivity contribution is 0.495. The van der Waals surface area contributed by atoms with Crippen molar-refractivity contribution < 1.29 is 12.6 Å². The van der Waals surface area contributed by atoms with Gasteiger partial charge < -0.3 is 9.17 Å².